The number of aliphatic hydroxyl groups excluding tert-OH is 1. The number of carbonyl (C=O) groups excluding carboxylic acids is 1. The van der Waals surface area contributed by atoms with E-state index in [1.165, 1.54) is 0 Å². The number of ether oxygens (including phenoxy) is 1. The first-order valence-electron chi connectivity index (χ1n) is 10.6. The van der Waals surface area contributed by atoms with Crippen LogP contribution in [0.25, 0.3) is 11.1 Å². The Balaban J connectivity index is 2.01. The molecule has 0 spiro atoms. The van der Waals surface area contributed by atoms with Crippen molar-refractivity contribution in [1.82, 2.24) is 19.8 Å². The minimum atomic E-state index is -0.290. The molecular weight excluding hydrogens is 380 g/mol. The van der Waals surface area contributed by atoms with Gasteiger partial charge in [0.2, 0.25) is 5.88 Å². The molecule has 1 N–H and O–H groups in total. The van der Waals surface area contributed by atoms with Gasteiger partial charge in [-0.2, -0.15) is 0 Å². The highest BCUT2D eigenvalue weighted by Crippen LogP contribution is 2.30. The molecule has 7 heteroatoms. The van der Waals surface area contributed by atoms with Crippen molar-refractivity contribution in [2.45, 2.75) is 39.3 Å². The van der Waals surface area contributed by atoms with E-state index < -0.39 is 0 Å². The second-order valence-corrected chi connectivity index (χ2v) is 8.20. The topological polar surface area (TPSA) is 78.8 Å². The molecule has 2 aromatic heterocycles. The van der Waals surface area contributed by atoms with E-state index in [1.807, 2.05) is 25.1 Å². The third kappa shape index (κ3) is 4.96. The van der Waals surface area contributed by atoms with Gasteiger partial charge in [0.15, 0.2) is 0 Å². The number of fused-ring (bicyclic) bond motifs is 1. The van der Waals surface area contributed by atoms with E-state index in [4.69, 9.17) is 4.74 Å². The Morgan fingerprint density at radius 3 is 2.83 bits per heavy atom. The first kappa shape index (κ1) is 22.2. The van der Waals surface area contributed by atoms with E-state index in [9.17, 15) is 9.90 Å². The number of nitrogens with zero attached hydrogens (tertiary/aromatic N) is 4. The van der Waals surface area contributed by atoms with Crippen molar-refractivity contribution in [3.05, 3.63) is 42.4 Å². The van der Waals surface area contributed by atoms with Crippen molar-refractivity contribution >= 4 is 5.91 Å². The standard InChI is InChI=1S/C23H32N4O3/c1-5-9-26(4)14-21-16(2)13-27(17(3)15-28)23(29)20-10-19(12-25-22(20)30-21)18-7-6-8-24-11-18/h6-8,10-12,16-17,21,28H,5,9,13-15H2,1-4H3/t16-,17+,21+/m0/s1. The van der Waals surface area contributed by atoms with E-state index in [-0.39, 0.29) is 30.6 Å². The van der Waals surface area contributed by atoms with Gasteiger partial charge in [0.25, 0.3) is 5.91 Å². The predicted octanol–water partition coefficient (Wildman–Crippen LogP) is 2.71. The van der Waals surface area contributed by atoms with Crippen molar-refractivity contribution in [3.63, 3.8) is 0 Å². The van der Waals surface area contributed by atoms with Crippen LogP contribution in [0, 0.1) is 5.92 Å². The second-order valence-electron chi connectivity index (χ2n) is 8.20. The van der Waals surface area contributed by atoms with Crippen LogP contribution in [0.2, 0.25) is 0 Å². The van der Waals surface area contributed by atoms with E-state index in [1.54, 1.807) is 23.5 Å². The lowest BCUT2D eigenvalue weighted by atomic mass is 9.99. The predicted molar refractivity (Wildman–Crippen MR) is 116 cm³/mol. The molecule has 0 saturated carbocycles. The number of aromatic nitrogens is 2. The lowest BCUT2D eigenvalue weighted by Gasteiger charge is -2.37. The van der Waals surface area contributed by atoms with Gasteiger partial charge in [-0.05, 0) is 39.1 Å². The van der Waals surface area contributed by atoms with Crippen LogP contribution in [0.3, 0.4) is 0 Å². The first-order valence-corrected chi connectivity index (χ1v) is 10.6. The fraction of sp³-hybridized carbons (Fsp3) is 0.522. The van der Waals surface area contributed by atoms with Crippen LogP contribution in [0.1, 0.15) is 37.6 Å². The van der Waals surface area contributed by atoms with Gasteiger partial charge in [-0.3, -0.25) is 9.78 Å². The molecule has 1 aliphatic rings. The van der Waals surface area contributed by atoms with Crippen LogP contribution in [0.5, 0.6) is 5.88 Å². The third-order valence-electron chi connectivity index (χ3n) is 5.61. The van der Waals surface area contributed by atoms with Gasteiger partial charge >= 0.3 is 0 Å². The summed E-state index contributed by atoms with van der Waals surface area (Å²) in [6, 6.07) is 5.32. The third-order valence-corrected chi connectivity index (χ3v) is 5.61. The molecule has 3 rings (SSSR count). The molecule has 7 nitrogen and oxygen atoms in total. The Morgan fingerprint density at radius 1 is 1.37 bits per heavy atom. The van der Waals surface area contributed by atoms with E-state index in [0.29, 0.717) is 18.0 Å². The highest BCUT2D eigenvalue weighted by Gasteiger charge is 2.34. The van der Waals surface area contributed by atoms with Crippen LogP contribution in [-0.2, 0) is 0 Å². The number of carbonyl (C=O) groups is 1. The average Bonchev–Trinajstić information content (AvgIpc) is 2.76. The van der Waals surface area contributed by atoms with E-state index in [0.717, 1.165) is 30.6 Å². The normalized spacial score (nSPS) is 20.3. The summed E-state index contributed by atoms with van der Waals surface area (Å²) >= 11 is 0. The van der Waals surface area contributed by atoms with Crippen molar-refractivity contribution < 1.29 is 14.6 Å². The Labute approximate surface area is 178 Å². The molecule has 162 valence electrons. The van der Waals surface area contributed by atoms with Crippen LogP contribution in [0.4, 0.5) is 0 Å². The molecule has 0 aliphatic carbocycles. The maximum absolute atomic E-state index is 13.4. The molecule has 3 atom stereocenters. The quantitative estimate of drug-likeness (QED) is 0.753. The van der Waals surface area contributed by atoms with Gasteiger partial charge in [-0.25, -0.2) is 4.98 Å². The molecule has 0 radical (unpaired) electrons. The maximum atomic E-state index is 13.4. The van der Waals surface area contributed by atoms with Crippen LogP contribution in [-0.4, -0.2) is 76.2 Å². The van der Waals surface area contributed by atoms with Gasteiger partial charge in [0.05, 0.1) is 12.6 Å². The summed E-state index contributed by atoms with van der Waals surface area (Å²) in [5, 5.41) is 9.76. The van der Waals surface area contributed by atoms with Gasteiger partial charge in [-0.15, -0.1) is 0 Å². The molecule has 30 heavy (non-hydrogen) atoms. The van der Waals surface area contributed by atoms with Crippen molar-refractivity contribution in [1.29, 1.82) is 0 Å². The number of hydrogen-bond acceptors (Lipinski definition) is 6. The Bertz CT molecular complexity index is 846. The molecular formula is C23H32N4O3. The minimum absolute atomic E-state index is 0.0925. The zero-order chi connectivity index (χ0) is 21.7. The number of aliphatic hydroxyl groups is 1. The number of pyridine rings is 2. The highest BCUT2D eigenvalue weighted by molar-refractivity contribution is 5.98. The zero-order valence-corrected chi connectivity index (χ0v) is 18.3. The van der Waals surface area contributed by atoms with Gasteiger partial charge in [-0.1, -0.05) is 19.9 Å². The fourth-order valence-electron chi connectivity index (χ4n) is 3.79. The summed E-state index contributed by atoms with van der Waals surface area (Å²) in [5.74, 6) is 0.274. The summed E-state index contributed by atoms with van der Waals surface area (Å²) in [6.07, 6.45) is 6.13. The van der Waals surface area contributed by atoms with Crippen molar-refractivity contribution in [3.8, 4) is 17.0 Å². The smallest absolute Gasteiger partial charge is 0.259 e. The van der Waals surface area contributed by atoms with E-state index in [2.05, 4.69) is 35.8 Å². The van der Waals surface area contributed by atoms with Crippen molar-refractivity contribution in [2.75, 3.05) is 33.3 Å². The van der Waals surface area contributed by atoms with Crippen LogP contribution >= 0.6 is 0 Å². The lowest BCUT2D eigenvalue weighted by molar-refractivity contribution is 0.0331. The molecule has 0 unspecified atom stereocenters. The summed E-state index contributed by atoms with van der Waals surface area (Å²) in [5.41, 5.74) is 2.12. The van der Waals surface area contributed by atoms with Gasteiger partial charge < -0.3 is 19.6 Å². The molecule has 0 bridgehead atoms. The molecule has 2 aromatic rings. The van der Waals surface area contributed by atoms with Gasteiger partial charge in [0, 0.05) is 48.7 Å². The number of amides is 1. The minimum Gasteiger partial charge on any atom is -0.472 e. The molecule has 0 saturated heterocycles. The monoisotopic (exact) mass is 412 g/mol. The number of rotatable bonds is 7. The zero-order valence-electron chi connectivity index (χ0n) is 18.3. The highest BCUT2D eigenvalue weighted by atomic mass is 16.5. The van der Waals surface area contributed by atoms with E-state index >= 15 is 0 Å². The second kappa shape index (κ2) is 10.00. The lowest BCUT2D eigenvalue weighted by Crippen LogP contribution is -2.50. The number of hydrogen-bond donors (Lipinski definition) is 1. The Kier molecular flexibility index (Phi) is 7.39. The SMILES string of the molecule is CCCN(C)C[C@H]1Oc2ncc(-c3cccnc3)cc2C(=O)N([C@H](C)CO)C[C@@H]1C. The largest absolute Gasteiger partial charge is 0.472 e. The summed E-state index contributed by atoms with van der Waals surface area (Å²) in [7, 11) is 2.08. The Morgan fingerprint density at radius 2 is 2.17 bits per heavy atom. The van der Waals surface area contributed by atoms with Gasteiger partial charge in [0.1, 0.15) is 11.7 Å². The molecule has 3 heterocycles. The first-order chi connectivity index (χ1) is 14.4. The summed E-state index contributed by atoms with van der Waals surface area (Å²) in [4.78, 5) is 26.1. The number of likely N-dealkylation sites (N-methyl/N-ethyl adjacent to an activating group) is 1. The summed E-state index contributed by atoms with van der Waals surface area (Å²) < 4.78 is 6.31. The molecule has 1 amide bonds. The van der Waals surface area contributed by atoms with Crippen LogP contribution < -0.4 is 4.74 Å². The summed E-state index contributed by atoms with van der Waals surface area (Å²) in [6.45, 7) is 8.25. The molecule has 0 aromatic carbocycles. The van der Waals surface area contributed by atoms with Crippen LogP contribution in [0.15, 0.2) is 36.8 Å². The molecule has 0 fully saturated rings. The Hall–Kier alpha value is -2.51. The van der Waals surface area contributed by atoms with Crippen molar-refractivity contribution in [2.24, 2.45) is 5.92 Å². The maximum Gasteiger partial charge on any atom is 0.259 e. The average molecular weight is 413 g/mol. The molecule has 1 aliphatic heterocycles. The fourth-order valence-corrected chi connectivity index (χ4v) is 3.79.